The molecule has 2 heterocycles. The molecule has 2 unspecified atom stereocenters. The van der Waals surface area contributed by atoms with Crippen molar-refractivity contribution in [3.63, 3.8) is 0 Å². The van der Waals surface area contributed by atoms with Gasteiger partial charge >= 0.3 is 0 Å². The van der Waals surface area contributed by atoms with Crippen molar-refractivity contribution in [2.45, 2.75) is 89.8 Å². The van der Waals surface area contributed by atoms with E-state index in [1.807, 2.05) is 34.5 Å². The number of benzene rings is 1. The zero-order valence-corrected chi connectivity index (χ0v) is 23.3. The maximum absolute atomic E-state index is 13.9. The second-order valence-electron chi connectivity index (χ2n) is 10.8. The maximum Gasteiger partial charge on any atom is 0.246 e. The molecule has 2 amide bonds. The van der Waals surface area contributed by atoms with Crippen LogP contribution in [0.4, 0.5) is 0 Å². The van der Waals surface area contributed by atoms with Gasteiger partial charge in [-0.25, -0.2) is 4.98 Å². The Labute approximate surface area is 224 Å². The van der Waals surface area contributed by atoms with E-state index in [4.69, 9.17) is 4.98 Å². The Morgan fingerprint density at radius 1 is 1.05 bits per heavy atom. The fourth-order valence-electron chi connectivity index (χ4n) is 5.46. The van der Waals surface area contributed by atoms with Crippen LogP contribution in [0.5, 0.6) is 0 Å². The number of ketones is 1. The molecular formula is C29H40N4O3S. The summed E-state index contributed by atoms with van der Waals surface area (Å²) >= 11 is 1.45. The lowest BCUT2D eigenvalue weighted by atomic mass is 9.83. The zero-order chi connectivity index (χ0) is 26.5. The van der Waals surface area contributed by atoms with Gasteiger partial charge in [-0.05, 0) is 63.1 Å². The summed E-state index contributed by atoms with van der Waals surface area (Å²) in [5, 5.41) is 8.67. The van der Waals surface area contributed by atoms with E-state index in [9.17, 15) is 14.4 Å². The van der Waals surface area contributed by atoms with E-state index in [1.165, 1.54) is 17.8 Å². The molecule has 0 bridgehead atoms. The predicted molar refractivity (Wildman–Crippen MR) is 147 cm³/mol. The molecule has 2 aromatic rings. The maximum atomic E-state index is 13.9. The molecule has 37 heavy (non-hydrogen) atoms. The first-order valence-corrected chi connectivity index (χ1v) is 14.6. The van der Waals surface area contributed by atoms with Crippen LogP contribution in [0.3, 0.4) is 0 Å². The van der Waals surface area contributed by atoms with Crippen LogP contribution in [-0.4, -0.2) is 53.2 Å². The first-order chi connectivity index (χ1) is 17.8. The Balaban J connectivity index is 1.53. The summed E-state index contributed by atoms with van der Waals surface area (Å²) in [6, 6.07) is 6.68. The van der Waals surface area contributed by atoms with E-state index in [0.717, 1.165) is 49.1 Å². The minimum absolute atomic E-state index is 0.0150. The summed E-state index contributed by atoms with van der Waals surface area (Å²) in [6.07, 6.45) is 6.96. The average Bonchev–Trinajstić information content (AvgIpc) is 3.61. The van der Waals surface area contributed by atoms with Gasteiger partial charge in [-0.1, -0.05) is 51.3 Å². The normalized spacial score (nSPS) is 20.1. The van der Waals surface area contributed by atoms with Crippen LogP contribution in [0, 0.1) is 5.92 Å². The predicted octanol–water partition coefficient (Wildman–Crippen LogP) is 4.83. The summed E-state index contributed by atoms with van der Waals surface area (Å²) in [5.74, 6) is 0.239. The number of aromatic nitrogens is 1. The Bertz CT molecular complexity index is 1110. The van der Waals surface area contributed by atoms with Crippen LogP contribution in [0.1, 0.15) is 104 Å². The van der Waals surface area contributed by atoms with E-state index >= 15 is 0 Å². The molecular weight excluding hydrogens is 484 g/mol. The molecule has 4 rings (SSSR count). The Hall–Kier alpha value is -2.58. The SMILES string of the molecule is CN[C@@H](C)C(=O)NC(C(=O)N1CCCC1c1nc(C(=O)c2cccc(C(C)C)c2)cs1)C1CCCCC1. The number of carbonyl (C=O) groups is 3. The number of nitrogens with zero attached hydrogens (tertiary/aromatic N) is 2. The van der Waals surface area contributed by atoms with Crippen LogP contribution in [0.25, 0.3) is 0 Å². The highest BCUT2D eigenvalue weighted by Crippen LogP contribution is 2.36. The fraction of sp³-hybridized carbons (Fsp3) is 0.586. The molecule has 0 radical (unpaired) electrons. The number of likely N-dealkylation sites (tertiary alicyclic amines) is 1. The first-order valence-electron chi connectivity index (χ1n) is 13.7. The molecule has 7 nitrogen and oxygen atoms in total. The number of likely N-dealkylation sites (N-methyl/N-ethyl adjacent to an activating group) is 1. The third-order valence-corrected chi connectivity index (χ3v) is 8.85. The zero-order valence-electron chi connectivity index (χ0n) is 22.5. The van der Waals surface area contributed by atoms with E-state index < -0.39 is 6.04 Å². The molecule has 1 aliphatic carbocycles. The first kappa shape index (κ1) is 27.5. The highest BCUT2D eigenvalue weighted by Gasteiger charge is 2.40. The number of hydrogen-bond acceptors (Lipinski definition) is 6. The van der Waals surface area contributed by atoms with E-state index in [1.54, 1.807) is 14.0 Å². The van der Waals surface area contributed by atoms with Crippen LogP contribution in [0.15, 0.2) is 29.6 Å². The van der Waals surface area contributed by atoms with Gasteiger partial charge in [0.1, 0.15) is 16.7 Å². The molecule has 2 aliphatic rings. The molecule has 1 aliphatic heterocycles. The van der Waals surface area contributed by atoms with Gasteiger partial charge < -0.3 is 15.5 Å². The van der Waals surface area contributed by atoms with Crippen LogP contribution in [-0.2, 0) is 9.59 Å². The number of rotatable bonds is 9. The number of thiazole rings is 1. The van der Waals surface area contributed by atoms with Gasteiger partial charge in [-0.3, -0.25) is 14.4 Å². The minimum Gasteiger partial charge on any atom is -0.343 e. The Morgan fingerprint density at radius 3 is 2.51 bits per heavy atom. The topological polar surface area (TPSA) is 91.4 Å². The molecule has 1 aromatic carbocycles. The van der Waals surface area contributed by atoms with Gasteiger partial charge in [0.25, 0.3) is 0 Å². The lowest BCUT2D eigenvalue weighted by Gasteiger charge is -2.35. The lowest BCUT2D eigenvalue weighted by Crippen LogP contribution is -2.55. The van der Waals surface area contributed by atoms with Crippen molar-refractivity contribution in [2.75, 3.05) is 13.6 Å². The molecule has 200 valence electrons. The second kappa shape index (κ2) is 12.3. The standard InChI is InChI=1S/C29H40N4O3S/c1-18(2)21-12-8-13-22(16-21)26(34)23-17-37-28(31-23)24-14-9-15-33(24)29(36)25(20-10-6-5-7-11-20)32-27(35)19(3)30-4/h8,12-13,16-20,24-25,30H,5-7,9-11,14-15H2,1-4H3,(H,32,35)/t19-,24?,25?/m0/s1. The van der Waals surface area contributed by atoms with E-state index in [0.29, 0.717) is 23.7 Å². The molecule has 0 spiro atoms. The second-order valence-corrected chi connectivity index (χ2v) is 11.7. The van der Waals surface area contributed by atoms with Crippen molar-refractivity contribution in [3.8, 4) is 0 Å². The summed E-state index contributed by atoms with van der Waals surface area (Å²) in [4.78, 5) is 46.6. The van der Waals surface area contributed by atoms with Crippen molar-refractivity contribution in [3.05, 3.63) is 51.5 Å². The van der Waals surface area contributed by atoms with Gasteiger partial charge in [0.2, 0.25) is 17.6 Å². The number of nitrogens with one attached hydrogen (secondary N) is 2. The largest absolute Gasteiger partial charge is 0.343 e. The quantitative estimate of drug-likeness (QED) is 0.459. The van der Waals surface area contributed by atoms with Gasteiger partial charge in [0, 0.05) is 17.5 Å². The van der Waals surface area contributed by atoms with Crippen LogP contribution in [0.2, 0.25) is 0 Å². The van der Waals surface area contributed by atoms with E-state index in [-0.39, 0.29) is 35.6 Å². The summed E-state index contributed by atoms with van der Waals surface area (Å²) in [5.41, 5.74) is 2.19. The summed E-state index contributed by atoms with van der Waals surface area (Å²) in [7, 11) is 1.75. The number of carbonyl (C=O) groups excluding carboxylic acids is 3. The van der Waals surface area contributed by atoms with Crippen molar-refractivity contribution < 1.29 is 14.4 Å². The van der Waals surface area contributed by atoms with E-state index in [2.05, 4.69) is 24.5 Å². The van der Waals surface area contributed by atoms with Gasteiger partial charge in [-0.2, -0.15) is 0 Å². The lowest BCUT2D eigenvalue weighted by molar-refractivity contribution is -0.139. The molecule has 1 saturated heterocycles. The highest BCUT2D eigenvalue weighted by molar-refractivity contribution is 7.10. The Kier molecular flexibility index (Phi) is 9.13. The molecule has 8 heteroatoms. The summed E-state index contributed by atoms with van der Waals surface area (Å²) in [6.45, 7) is 6.67. The van der Waals surface area contributed by atoms with Crippen LogP contribution >= 0.6 is 11.3 Å². The molecule has 2 N–H and O–H groups in total. The molecule has 1 saturated carbocycles. The monoisotopic (exact) mass is 524 g/mol. The van der Waals surface area contributed by atoms with Crippen molar-refractivity contribution in [2.24, 2.45) is 5.92 Å². The number of amides is 2. The third kappa shape index (κ3) is 6.29. The van der Waals surface area contributed by atoms with Gasteiger partial charge in [0.15, 0.2) is 0 Å². The highest BCUT2D eigenvalue weighted by atomic mass is 32.1. The fourth-order valence-corrected chi connectivity index (χ4v) is 6.40. The van der Waals surface area contributed by atoms with Gasteiger partial charge in [0.05, 0.1) is 12.1 Å². The molecule has 3 atom stereocenters. The number of hydrogen-bond donors (Lipinski definition) is 2. The van der Waals surface area contributed by atoms with Gasteiger partial charge in [-0.15, -0.1) is 11.3 Å². The van der Waals surface area contributed by atoms with Crippen molar-refractivity contribution >= 4 is 28.9 Å². The smallest absolute Gasteiger partial charge is 0.246 e. The average molecular weight is 525 g/mol. The van der Waals surface area contributed by atoms with Crippen molar-refractivity contribution in [1.29, 1.82) is 0 Å². The summed E-state index contributed by atoms with van der Waals surface area (Å²) < 4.78 is 0. The minimum atomic E-state index is -0.524. The molecule has 1 aromatic heterocycles. The molecule has 2 fully saturated rings. The van der Waals surface area contributed by atoms with Crippen LogP contribution < -0.4 is 10.6 Å². The third-order valence-electron chi connectivity index (χ3n) is 7.90. The Morgan fingerprint density at radius 2 is 1.81 bits per heavy atom. The van der Waals surface area contributed by atoms with Crippen molar-refractivity contribution in [1.82, 2.24) is 20.5 Å².